The average Bonchev–Trinajstić information content (AvgIpc) is 2.67. The van der Waals surface area contributed by atoms with Gasteiger partial charge in [-0.2, -0.15) is 13.2 Å². The maximum Gasteiger partial charge on any atom is 0.416 e. The number of carbonyl (C=O) groups is 1. The fourth-order valence-electron chi connectivity index (χ4n) is 3.47. The zero-order valence-electron chi connectivity index (χ0n) is 15.3. The smallest absolute Gasteiger partial charge is 0.381 e. The number of ether oxygens (including phenoxy) is 1. The van der Waals surface area contributed by atoms with Gasteiger partial charge in [-0.1, -0.05) is 6.07 Å². The minimum atomic E-state index is -4.49. The van der Waals surface area contributed by atoms with E-state index in [4.69, 9.17) is 4.74 Å². The number of fused-ring (bicyclic) bond motifs is 3. The zero-order chi connectivity index (χ0) is 20.6. The quantitative estimate of drug-likeness (QED) is 0.574. The number of rotatable bonds is 3. The van der Waals surface area contributed by atoms with Crippen molar-refractivity contribution in [2.45, 2.75) is 30.0 Å². The number of benzene rings is 2. The van der Waals surface area contributed by atoms with Gasteiger partial charge >= 0.3 is 6.18 Å². The lowest BCUT2D eigenvalue weighted by Crippen LogP contribution is -2.43. The fourth-order valence-corrected chi connectivity index (χ4v) is 4.59. The Labute approximate surface area is 169 Å². The molecule has 0 unspecified atom stereocenters. The lowest BCUT2D eigenvalue weighted by Gasteiger charge is -2.32. The first-order chi connectivity index (χ1) is 13.8. The highest BCUT2D eigenvalue weighted by molar-refractivity contribution is 8.01. The Kier molecular flexibility index (Phi) is 5.44. The summed E-state index contributed by atoms with van der Waals surface area (Å²) < 4.78 is 60.2. The van der Waals surface area contributed by atoms with Gasteiger partial charge in [-0.25, -0.2) is 4.39 Å². The number of hydrogen-bond donors (Lipinski definition) is 1. The van der Waals surface area contributed by atoms with Gasteiger partial charge in [-0.05, 0) is 60.7 Å². The summed E-state index contributed by atoms with van der Waals surface area (Å²) in [7, 11) is 0. The van der Waals surface area contributed by atoms with Crippen LogP contribution in [0.1, 0.15) is 18.4 Å². The van der Waals surface area contributed by atoms with E-state index in [-0.39, 0.29) is 18.5 Å². The molecule has 2 heterocycles. The zero-order valence-corrected chi connectivity index (χ0v) is 16.1. The predicted octanol–water partition coefficient (Wildman–Crippen LogP) is 4.63. The Morgan fingerprint density at radius 1 is 1.14 bits per heavy atom. The van der Waals surface area contributed by atoms with E-state index in [0.29, 0.717) is 34.9 Å². The van der Waals surface area contributed by atoms with E-state index in [1.54, 1.807) is 4.31 Å². The highest BCUT2D eigenvalue weighted by atomic mass is 32.2. The summed E-state index contributed by atoms with van der Waals surface area (Å²) in [5.41, 5.74) is 0.542. The Morgan fingerprint density at radius 3 is 2.62 bits per heavy atom. The molecule has 4 nitrogen and oxygen atoms in total. The average molecular weight is 426 g/mol. The second kappa shape index (κ2) is 7.87. The first-order valence-electron chi connectivity index (χ1n) is 9.15. The standard InChI is InChI=1S/C20H18F4N2O2S/c21-13-2-3-15-16-9-12(20(22,23)24)1-4-17(16)26(29-18(15)10-13)11-19(27)25-14-5-7-28-8-6-14/h1-4,9-10,14H,5-8,11H2,(H,25,27). The number of nitrogens with one attached hydrogen (secondary N) is 1. The second-order valence-electron chi connectivity index (χ2n) is 6.95. The Hall–Kier alpha value is -2.26. The predicted molar refractivity (Wildman–Crippen MR) is 102 cm³/mol. The molecule has 2 aliphatic heterocycles. The van der Waals surface area contributed by atoms with E-state index < -0.39 is 17.6 Å². The molecule has 2 aromatic rings. The number of nitrogens with zero attached hydrogens (tertiary/aromatic N) is 1. The third-order valence-electron chi connectivity index (χ3n) is 4.91. The minimum Gasteiger partial charge on any atom is -0.381 e. The van der Waals surface area contributed by atoms with Crippen molar-refractivity contribution in [1.82, 2.24) is 5.32 Å². The molecule has 0 aliphatic carbocycles. The molecule has 154 valence electrons. The third-order valence-corrected chi connectivity index (χ3v) is 5.99. The van der Waals surface area contributed by atoms with Crippen LogP contribution < -0.4 is 9.62 Å². The van der Waals surface area contributed by atoms with E-state index >= 15 is 0 Å². The molecule has 0 atom stereocenters. The molecule has 4 rings (SSSR count). The van der Waals surface area contributed by atoms with Gasteiger partial charge in [-0.15, -0.1) is 0 Å². The van der Waals surface area contributed by atoms with Crippen molar-refractivity contribution >= 4 is 23.5 Å². The Balaban J connectivity index is 1.63. The first kappa shape index (κ1) is 20.0. The van der Waals surface area contributed by atoms with E-state index in [0.717, 1.165) is 36.9 Å². The van der Waals surface area contributed by atoms with Gasteiger partial charge in [0.1, 0.15) is 12.4 Å². The lowest BCUT2D eigenvalue weighted by atomic mass is 10.00. The summed E-state index contributed by atoms with van der Waals surface area (Å²) in [5.74, 6) is -0.728. The molecule has 0 saturated carbocycles. The molecule has 2 aromatic carbocycles. The molecule has 0 spiro atoms. The second-order valence-corrected chi connectivity index (χ2v) is 8.02. The summed E-state index contributed by atoms with van der Waals surface area (Å²) in [6, 6.07) is 7.38. The van der Waals surface area contributed by atoms with Gasteiger partial charge in [0.15, 0.2) is 0 Å². The van der Waals surface area contributed by atoms with Crippen molar-refractivity contribution in [1.29, 1.82) is 0 Å². The number of anilines is 1. The van der Waals surface area contributed by atoms with Crippen LogP contribution in [0.2, 0.25) is 0 Å². The molecule has 1 amide bonds. The maximum atomic E-state index is 13.7. The van der Waals surface area contributed by atoms with Crippen molar-refractivity contribution in [2.24, 2.45) is 0 Å². The number of alkyl halides is 3. The maximum absolute atomic E-state index is 13.7. The van der Waals surface area contributed by atoms with E-state index in [1.165, 1.54) is 24.3 Å². The van der Waals surface area contributed by atoms with Crippen LogP contribution in [-0.2, 0) is 15.7 Å². The number of halogens is 4. The van der Waals surface area contributed by atoms with Crippen molar-refractivity contribution in [3.05, 3.63) is 47.8 Å². The van der Waals surface area contributed by atoms with E-state index in [2.05, 4.69) is 5.32 Å². The molecular formula is C20H18F4N2O2S. The van der Waals surface area contributed by atoms with Crippen LogP contribution in [0.15, 0.2) is 41.3 Å². The molecule has 0 bridgehead atoms. The highest BCUT2D eigenvalue weighted by Gasteiger charge is 2.33. The summed E-state index contributed by atoms with van der Waals surface area (Å²) in [6.07, 6.45) is -3.05. The SMILES string of the molecule is O=C(CN1Sc2cc(F)ccc2-c2cc(C(F)(F)F)ccc21)NC1CCOCC1. The van der Waals surface area contributed by atoms with Crippen LogP contribution in [0.3, 0.4) is 0 Å². The molecule has 0 aromatic heterocycles. The van der Waals surface area contributed by atoms with Crippen LogP contribution in [0.4, 0.5) is 23.2 Å². The fraction of sp³-hybridized carbons (Fsp3) is 0.350. The van der Waals surface area contributed by atoms with Crippen molar-refractivity contribution in [3.63, 3.8) is 0 Å². The number of carbonyl (C=O) groups excluding carboxylic acids is 1. The molecule has 9 heteroatoms. The third kappa shape index (κ3) is 4.35. The molecule has 0 radical (unpaired) electrons. The van der Waals surface area contributed by atoms with E-state index in [1.807, 2.05) is 0 Å². The van der Waals surface area contributed by atoms with Crippen molar-refractivity contribution in [3.8, 4) is 11.1 Å². The number of amides is 1. The van der Waals surface area contributed by atoms with Gasteiger partial charge in [0.2, 0.25) is 5.91 Å². The van der Waals surface area contributed by atoms with Gasteiger partial charge in [0, 0.05) is 29.7 Å². The molecule has 1 N–H and O–H groups in total. The monoisotopic (exact) mass is 426 g/mol. The van der Waals surface area contributed by atoms with Crippen molar-refractivity contribution in [2.75, 3.05) is 24.1 Å². The minimum absolute atomic E-state index is 0.0165. The normalized spacial score (nSPS) is 16.9. The summed E-state index contributed by atoms with van der Waals surface area (Å²) >= 11 is 1.14. The highest BCUT2D eigenvalue weighted by Crippen LogP contribution is 2.48. The van der Waals surface area contributed by atoms with Crippen LogP contribution in [0, 0.1) is 5.82 Å². The number of hydrogen-bond acceptors (Lipinski definition) is 4. The molecule has 1 saturated heterocycles. The topological polar surface area (TPSA) is 41.6 Å². The largest absolute Gasteiger partial charge is 0.416 e. The summed E-state index contributed by atoms with van der Waals surface area (Å²) in [4.78, 5) is 13.0. The van der Waals surface area contributed by atoms with E-state index in [9.17, 15) is 22.4 Å². The van der Waals surface area contributed by atoms with Crippen molar-refractivity contribution < 1.29 is 27.1 Å². The molecule has 1 fully saturated rings. The Morgan fingerprint density at radius 2 is 1.90 bits per heavy atom. The van der Waals surface area contributed by atoms with Gasteiger partial charge in [0.25, 0.3) is 0 Å². The lowest BCUT2D eigenvalue weighted by molar-refractivity contribution is -0.137. The summed E-state index contributed by atoms with van der Waals surface area (Å²) in [5, 5.41) is 2.94. The first-order valence-corrected chi connectivity index (χ1v) is 9.92. The Bertz CT molecular complexity index is 929. The molecule has 29 heavy (non-hydrogen) atoms. The summed E-state index contributed by atoms with van der Waals surface area (Å²) in [6.45, 7) is 1.11. The van der Waals surface area contributed by atoms with Gasteiger partial charge in [0.05, 0.1) is 11.3 Å². The van der Waals surface area contributed by atoms with Gasteiger partial charge < -0.3 is 14.4 Å². The van der Waals surface area contributed by atoms with Crippen LogP contribution in [-0.4, -0.2) is 31.7 Å². The van der Waals surface area contributed by atoms with Crippen LogP contribution in [0.5, 0.6) is 0 Å². The van der Waals surface area contributed by atoms with Gasteiger partial charge in [-0.3, -0.25) is 4.79 Å². The molecular weight excluding hydrogens is 408 g/mol. The van der Waals surface area contributed by atoms with Crippen LogP contribution in [0.25, 0.3) is 11.1 Å². The van der Waals surface area contributed by atoms with Crippen LogP contribution >= 0.6 is 11.9 Å². The molecule has 2 aliphatic rings.